The molecule has 0 unspecified atom stereocenters. The lowest BCUT2D eigenvalue weighted by Gasteiger charge is -2.30. The minimum Gasteiger partial charge on any atom is -0.439 e. The summed E-state index contributed by atoms with van der Waals surface area (Å²) in [6.45, 7) is -0.559. The minimum absolute atomic E-state index is 0.279. The number of fused-ring (bicyclic) bond motifs is 9. The highest BCUT2D eigenvalue weighted by Crippen LogP contribution is 2.53. The summed E-state index contributed by atoms with van der Waals surface area (Å²) in [7, 11) is 0. The highest BCUT2D eigenvalue weighted by Gasteiger charge is 2.49. The molecule has 0 saturated heterocycles. The van der Waals surface area contributed by atoms with Crippen LogP contribution < -0.4 is 30.2 Å². The molecule has 2 aliphatic rings. The van der Waals surface area contributed by atoms with E-state index in [1.165, 1.54) is 0 Å². The van der Waals surface area contributed by atoms with Crippen molar-refractivity contribution < 1.29 is 8.83 Å². The van der Waals surface area contributed by atoms with E-state index in [0.717, 1.165) is 101 Å². The molecule has 62 heavy (non-hydrogen) atoms. The van der Waals surface area contributed by atoms with E-state index >= 15 is 0 Å². The Hall–Kier alpha value is -8.23. The summed E-state index contributed by atoms with van der Waals surface area (Å²) in [6.07, 6.45) is 4.02. The zero-order valence-corrected chi connectivity index (χ0v) is 33.3. The van der Waals surface area contributed by atoms with Crippen LogP contribution in [0.15, 0.2) is 215 Å². The predicted molar refractivity (Wildman–Crippen MR) is 255 cm³/mol. The first-order chi connectivity index (χ1) is 30.8. The summed E-state index contributed by atoms with van der Waals surface area (Å²) in [5, 5.41) is 4.13. The quantitative estimate of drug-likeness (QED) is 0.122. The van der Waals surface area contributed by atoms with Crippen LogP contribution in [-0.4, -0.2) is 23.9 Å². The standard InChI is InChI=1S/C52H34B2N6O2/c1-5-17-39(18-6-1)57-49-43-25-13-15-27-45(43)61-51(49)59(41-21-9-3-10-22-41)53(57)37-31-35-29-30-36-32-38(34-56-48(36)47(35)55-33-37)54-58(40-19-7-2-8-20-40)50-44-26-14-16-28-46(44)62-52(50)60(54)42-23-11-4-12-24-42/h1-34H. The van der Waals surface area contributed by atoms with Crippen molar-refractivity contribution in [3.05, 3.63) is 207 Å². The summed E-state index contributed by atoms with van der Waals surface area (Å²) in [5.74, 6) is 1.60. The molecule has 0 bridgehead atoms. The van der Waals surface area contributed by atoms with Gasteiger partial charge in [-0.05, 0) is 83.7 Å². The molecule has 2 aliphatic heterocycles. The Balaban J connectivity index is 0.960. The van der Waals surface area contributed by atoms with Crippen molar-refractivity contribution in [2.75, 3.05) is 19.2 Å². The first-order valence-electron chi connectivity index (χ1n) is 20.9. The second-order valence-electron chi connectivity index (χ2n) is 15.8. The van der Waals surface area contributed by atoms with Crippen molar-refractivity contribution in [2.45, 2.75) is 0 Å². The Morgan fingerprint density at radius 1 is 0.355 bits per heavy atom. The van der Waals surface area contributed by atoms with Gasteiger partial charge in [0.25, 0.3) is 0 Å². The van der Waals surface area contributed by atoms with Gasteiger partial charge in [0.1, 0.15) is 22.5 Å². The van der Waals surface area contributed by atoms with Crippen LogP contribution in [0, 0.1) is 0 Å². The zero-order valence-electron chi connectivity index (χ0n) is 33.3. The highest BCUT2D eigenvalue weighted by atomic mass is 16.4. The van der Waals surface area contributed by atoms with Crippen LogP contribution in [0.2, 0.25) is 0 Å². The first kappa shape index (κ1) is 34.6. The number of hydrogen-bond donors (Lipinski definition) is 0. The molecule has 4 aromatic heterocycles. The van der Waals surface area contributed by atoms with Crippen LogP contribution in [0.25, 0.3) is 43.7 Å². The molecule has 8 nitrogen and oxygen atoms in total. The summed E-state index contributed by atoms with van der Waals surface area (Å²) in [6, 6.07) is 67.5. The van der Waals surface area contributed by atoms with Gasteiger partial charge in [0.05, 0.1) is 11.0 Å². The molecule has 0 N–H and O–H groups in total. The topological polar surface area (TPSA) is 65.0 Å². The third-order valence-corrected chi connectivity index (χ3v) is 12.3. The molecule has 10 heteroatoms. The molecule has 11 aromatic rings. The van der Waals surface area contributed by atoms with Gasteiger partial charge < -0.3 is 28.1 Å². The Kier molecular flexibility index (Phi) is 7.62. The predicted octanol–water partition coefficient (Wildman–Crippen LogP) is 11.6. The fourth-order valence-corrected chi connectivity index (χ4v) is 9.65. The van der Waals surface area contributed by atoms with Gasteiger partial charge in [-0.15, -0.1) is 0 Å². The van der Waals surface area contributed by atoms with E-state index in [4.69, 9.17) is 18.8 Å². The average molecular weight is 797 g/mol. The van der Waals surface area contributed by atoms with Crippen LogP contribution in [-0.2, 0) is 0 Å². The van der Waals surface area contributed by atoms with Crippen LogP contribution in [0.3, 0.4) is 0 Å². The number of para-hydroxylation sites is 6. The maximum atomic E-state index is 6.73. The van der Waals surface area contributed by atoms with E-state index in [1.807, 2.05) is 48.8 Å². The van der Waals surface area contributed by atoms with Crippen LogP contribution in [0.4, 0.5) is 45.9 Å². The van der Waals surface area contributed by atoms with E-state index in [-0.39, 0.29) is 14.0 Å². The molecule has 0 aliphatic carbocycles. The zero-order chi connectivity index (χ0) is 40.7. The number of rotatable bonds is 6. The maximum absolute atomic E-state index is 6.73. The molecule has 0 atom stereocenters. The molecule has 0 fully saturated rings. The second kappa shape index (κ2) is 13.7. The lowest BCUT2D eigenvalue weighted by Crippen LogP contribution is -2.53. The third-order valence-electron chi connectivity index (χ3n) is 12.3. The molecule has 290 valence electrons. The molecule has 6 heterocycles. The number of anilines is 8. The van der Waals surface area contributed by atoms with E-state index in [9.17, 15) is 0 Å². The van der Waals surface area contributed by atoms with Gasteiger partial charge in [0.15, 0.2) is 0 Å². The number of pyridine rings is 2. The Bertz CT molecular complexity index is 3240. The van der Waals surface area contributed by atoms with Crippen molar-refractivity contribution in [1.29, 1.82) is 0 Å². The summed E-state index contributed by atoms with van der Waals surface area (Å²) in [4.78, 5) is 19.9. The second-order valence-corrected chi connectivity index (χ2v) is 15.8. The number of nitrogens with zero attached hydrogens (tertiary/aromatic N) is 6. The van der Waals surface area contributed by atoms with Crippen LogP contribution in [0.5, 0.6) is 0 Å². The van der Waals surface area contributed by atoms with Gasteiger partial charge in [0, 0.05) is 56.7 Å². The molecule has 0 radical (unpaired) electrons. The summed E-state index contributed by atoms with van der Waals surface area (Å²) in [5.41, 5.74) is 11.7. The van der Waals surface area contributed by atoms with Crippen molar-refractivity contribution in [3.8, 4) is 0 Å². The van der Waals surface area contributed by atoms with E-state index in [0.29, 0.717) is 0 Å². The van der Waals surface area contributed by atoms with Gasteiger partial charge >= 0.3 is 14.0 Å². The number of aromatic nitrogens is 2. The Labute approximate surface area is 357 Å². The fraction of sp³-hybridized carbons (Fsp3) is 0. The molecule has 7 aromatic carbocycles. The normalized spacial score (nSPS) is 13.6. The number of furan rings is 2. The van der Waals surface area contributed by atoms with Crippen molar-refractivity contribution in [1.82, 2.24) is 9.97 Å². The van der Waals surface area contributed by atoms with E-state index in [1.54, 1.807) is 0 Å². The van der Waals surface area contributed by atoms with E-state index < -0.39 is 0 Å². The van der Waals surface area contributed by atoms with Gasteiger partial charge in [-0.1, -0.05) is 121 Å². The maximum Gasteiger partial charge on any atom is 0.424 e. The smallest absolute Gasteiger partial charge is 0.424 e. The lowest BCUT2D eigenvalue weighted by atomic mass is 9.64. The van der Waals surface area contributed by atoms with Gasteiger partial charge in [0.2, 0.25) is 11.8 Å². The SMILES string of the molecule is c1ccc(N2B(c3cnc4c(ccc5cc(B6N(c7ccccc7)c7oc8ccccc8c7N6c6ccccc6)cnc54)c3)N(c3ccccc3)c3c2oc2ccccc32)cc1. The van der Waals surface area contributed by atoms with Crippen molar-refractivity contribution in [2.24, 2.45) is 0 Å². The Morgan fingerprint density at radius 3 is 1.08 bits per heavy atom. The van der Waals surface area contributed by atoms with Gasteiger partial charge in [-0.2, -0.15) is 0 Å². The van der Waals surface area contributed by atoms with Crippen molar-refractivity contribution in [3.63, 3.8) is 0 Å². The average Bonchev–Trinajstić information content (AvgIpc) is 4.09. The van der Waals surface area contributed by atoms with Gasteiger partial charge in [-0.25, -0.2) is 0 Å². The summed E-state index contributed by atoms with van der Waals surface area (Å²) < 4.78 is 13.5. The summed E-state index contributed by atoms with van der Waals surface area (Å²) >= 11 is 0. The van der Waals surface area contributed by atoms with Crippen LogP contribution in [0.1, 0.15) is 0 Å². The molecular weight excluding hydrogens is 762 g/mol. The molecule has 0 spiro atoms. The molecule has 0 amide bonds. The monoisotopic (exact) mass is 796 g/mol. The largest absolute Gasteiger partial charge is 0.439 e. The minimum atomic E-state index is -0.279. The van der Waals surface area contributed by atoms with Crippen molar-refractivity contribution >= 4 is 115 Å². The molecular formula is C52H34B2N6O2. The highest BCUT2D eigenvalue weighted by molar-refractivity contribution is 6.85. The lowest BCUT2D eigenvalue weighted by molar-refractivity contribution is 0.627. The first-order valence-corrected chi connectivity index (χ1v) is 20.9. The molecule has 13 rings (SSSR count). The molecule has 0 saturated carbocycles. The van der Waals surface area contributed by atoms with Gasteiger partial charge in [-0.3, -0.25) is 9.97 Å². The van der Waals surface area contributed by atoms with Crippen LogP contribution >= 0.6 is 0 Å². The Morgan fingerprint density at radius 2 is 0.694 bits per heavy atom. The fourth-order valence-electron chi connectivity index (χ4n) is 9.65. The van der Waals surface area contributed by atoms with E-state index in [2.05, 4.69) is 177 Å². The third kappa shape index (κ3) is 5.16. The number of hydrogen-bond acceptors (Lipinski definition) is 8. The number of benzene rings is 7.